The van der Waals surface area contributed by atoms with Crippen LogP contribution in [0.2, 0.25) is 0 Å². The van der Waals surface area contributed by atoms with E-state index in [9.17, 15) is 0 Å². The van der Waals surface area contributed by atoms with Crippen LogP contribution in [0, 0.1) is 5.92 Å². The number of nitrogens with one attached hydrogen (secondary N) is 1. The van der Waals surface area contributed by atoms with E-state index in [2.05, 4.69) is 26.1 Å². The summed E-state index contributed by atoms with van der Waals surface area (Å²) in [6.07, 6.45) is 9.47. The van der Waals surface area contributed by atoms with Gasteiger partial charge in [0, 0.05) is 12.6 Å². The highest BCUT2D eigenvalue weighted by molar-refractivity contribution is 4.81. The van der Waals surface area contributed by atoms with Crippen molar-refractivity contribution in [2.24, 2.45) is 5.92 Å². The second kappa shape index (κ2) is 8.93. The lowest BCUT2D eigenvalue weighted by Gasteiger charge is -2.32. The van der Waals surface area contributed by atoms with Crippen LogP contribution in [0.1, 0.15) is 65.7 Å². The molecule has 0 bridgehead atoms. The largest absolute Gasteiger partial charge is 0.377 e. The molecule has 102 valence electrons. The molecular formula is C15H31NO. The van der Waals surface area contributed by atoms with Crippen molar-refractivity contribution in [3.05, 3.63) is 0 Å². The van der Waals surface area contributed by atoms with Crippen molar-refractivity contribution in [2.45, 2.75) is 77.9 Å². The van der Waals surface area contributed by atoms with Gasteiger partial charge in [0.25, 0.3) is 0 Å². The van der Waals surface area contributed by atoms with E-state index in [1.54, 1.807) is 0 Å². The van der Waals surface area contributed by atoms with Crippen LogP contribution < -0.4 is 5.32 Å². The highest BCUT2D eigenvalue weighted by Crippen LogP contribution is 2.21. The minimum Gasteiger partial charge on any atom is -0.377 e. The third kappa shape index (κ3) is 6.42. The van der Waals surface area contributed by atoms with Gasteiger partial charge in [0.1, 0.15) is 0 Å². The molecule has 1 saturated carbocycles. The number of ether oxygens (including phenoxy) is 1. The molecule has 0 aromatic rings. The van der Waals surface area contributed by atoms with Crippen molar-refractivity contribution in [3.8, 4) is 0 Å². The quantitative estimate of drug-likeness (QED) is 0.653. The Morgan fingerprint density at radius 3 is 2.71 bits per heavy atom. The Morgan fingerprint density at radius 2 is 2.00 bits per heavy atom. The van der Waals surface area contributed by atoms with Crippen molar-refractivity contribution in [3.63, 3.8) is 0 Å². The topological polar surface area (TPSA) is 21.3 Å². The summed E-state index contributed by atoms with van der Waals surface area (Å²) < 4.78 is 6.08. The molecule has 0 spiro atoms. The van der Waals surface area contributed by atoms with E-state index in [1.807, 2.05) is 0 Å². The SMILES string of the molecule is CCCNC1CCCCC1OCCCC(C)C. The van der Waals surface area contributed by atoms with Crippen LogP contribution in [-0.2, 0) is 4.74 Å². The van der Waals surface area contributed by atoms with E-state index >= 15 is 0 Å². The molecule has 1 aliphatic carbocycles. The lowest BCUT2D eigenvalue weighted by molar-refractivity contribution is 0.00276. The first-order chi connectivity index (χ1) is 8.24. The maximum absolute atomic E-state index is 6.08. The summed E-state index contributed by atoms with van der Waals surface area (Å²) in [6, 6.07) is 0.614. The molecule has 0 radical (unpaired) electrons. The Labute approximate surface area is 108 Å². The highest BCUT2D eigenvalue weighted by Gasteiger charge is 2.24. The van der Waals surface area contributed by atoms with Gasteiger partial charge in [-0.25, -0.2) is 0 Å². The molecule has 1 fully saturated rings. The number of hydrogen-bond donors (Lipinski definition) is 1. The van der Waals surface area contributed by atoms with Gasteiger partial charge < -0.3 is 10.1 Å². The zero-order chi connectivity index (χ0) is 12.5. The molecule has 1 N–H and O–H groups in total. The van der Waals surface area contributed by atoms with E-state index in [4.69, 9.17) is 4.74 Å². The molecule has 1 rings (SSSR count). The Hall–Kier alpha value is -0.0800. The van der Waals surface area contributed by atoms with Gasteiger partial charge in [0.2, 0.25) is 0 Å². The molecule has 0 aliphatic heterocycles. The maximum Gasteiger partial charge on any atom is 0.0728 e. The maximum atomic E-state index is 6.08. The van der Waals surface area contributed by atoms with Gasteiger partial charge in [0.05, 0.1) is 6.10 Å². The van der Waals surface area contributed by atoms with Crippen LogP contribution >= 0.6 is 0 Å². The Bertz CT molecular complexity index is 182. The predicted octanol–water partition coefficient (Wildman–Crippen LogP) is 3.75. The third-order valence-corrected chi connectivity index (χ3v) is 3.62. The second-order valence-electron chi connectivity index (χ2n) is 5.79. The first kappa shape index (κ1) is 15.0. The fraction of sp³-hybridized carbons (Fsp3) is 1.00. The first-order valence-corrected chi connectivity index (χ1v) is 7.59. The van der Waals surface area contributed by atoms with Gasteiger partial charge in [-0.3, -0.25) is 0 Å². The molecule has 0 saturated heterocycles. The summed E-state index contributed by atoms with van der Waals surface area (Å²) in [5.74, 6) is 0.805. The lowest BCUT2D eigenvalue weighted by Crippen LogP contribution is -2.44. The van der Waals surface area contributed by atoms with Crippen molar-refractivity contribution >= 4 is 0 Å². The summed E-state index contributed by atoms with van der Waals surface area (Å²) in [5.41, 5.74) is 0. The monoisotopic (exact) mass is 241 g/mol. The van der Waals surface area contributed by atoms with Crippen LogP contribution in [0.5, 0.6) is 0 Å². The van der Waals surface area contributed by atoms with E-state index in [0.717, 1.165) is 19.1 Å². The van der Waals surface area contributed by atoms with Gasteiger partial charge >= 0.3 is 0 Å². The Morgan fingerprint density at radius 1 is 1.24 bits per heavy atom. The van der Waals surface area contributed by atoms with Gasteiger partial charge in [-0.15, -0.1) is 0 Å². The minimum absolute atomic E-state index is 0.475. The second-order valence-corrected chi connectivity index (χ2v) is 5.79. The lowest BCUT2D eigenvalue weighted by atomic mass is 9.92. The Balaban J connectivity index is 2.18. The zero-order valence-electron chi connectivity index (χ0n) is 12.0. The minimum atomic E-state index is 0.475. The van der Waals surface area contributed by atoms with Crippen LogP contribution in [0.4, 0.5) is 0 Å². The summed E-state index contributed by atoms with van der Waals surface area (Å²) in [5, 5.41) is 3.65. The summed E-state index contributed by atoms with van der Waals surface area (Å²) in [7, 11) is 0. The molecule has 2 nitrogen and oxygen atoms in total. The average molecular weight is 241 g/mol. The van der Waals surface area contributed by atoms with Crippen LogP contribution in [0.15, 0.2) is 0 Å². The fourth-order valence-corrected chi connectivity index (χ4v) is 2.59. The van der Waals surface area contributed by atoms with Crippen molar-refractivity contribution < 1.29 is 4.74 Å². The van der Waals surface area contributed by atoms with Crippen LogP contribution in [0.25, 0.3) is 0 Å². The molecule has 2 heteroatoms. The highest BCUT2D eigenvalue weighted by atomic mass is 16.5. The van der Waals surface area contributed by atoms with Crippen molar-refractivity contribution in [1.29, 1.82) is 0 Å². The first-order valence-electron chi connectivity index (χ1n) is 7.59. The van der Waals surface area contributed by atoms with Crippen LogP contribution in [0.3, 0.4) is 0 Å². The van der Waals surface area contributed by atoms with E-state index < -0.39 is 0 Å². The molecule has 2 atom stereocenters. The molecule has 0 aromatic carbocycles. The molecule has 0 aromatic heterocycles. The van der Waals surface area contributed by atoms with Crippen molar-refractivity contribution in [1.82, 2.24) is 5.32 Å². The molecule has 0 amide bonds. The number of rotatable bonds is 8. The van der Waals surface area contributed by atoms with Crippen molar-refractivity contribution in [2.75, 3.05) is 13.2 Å². The standard InChI is InChI=1S/C15H31NO/c1-4-11-16-14-9-5-6-10-15(14)17-12-7-8-13(2)3/h13-16H,4-12H2,1-3H3. The molecule has 17 heavy (non-hydrogen) atoms. The summed E-state index contributed by atoms with van der Waals surface area (Å²) in [4.78, 5) is 0. The fourth-order valence-electron chi connectivity index (χ4n) is 2.59. The van der Waals surface area contributed by atoms with E-state index in [0.29, 0.717) is 12.1 Å². The summed E-state index contributed by atoms with van der Waals surface area (Å²) >= 11 is 0. The number of hydrogen-bond acceptors (Lipinski definition) is 2. The predicted molar refractivity (Wildman–Crippen MR) is 74.4 cm³/mol. The zero-order valence-corrected chi connectivity index (χ0v) is 12.0. The molecule has 2 unspecified atom stereocenters. The van der Waals surface area contributed by atoms with Gasteiger partial charge in [-0.2, -0.15) is 0 Å². The smallest absolute Gasteiger partial charge is 0.0728 e. The third-order valence-electron chi connectivity index (χ3n) is 3.62. The van der Waals surface area contributed by atoms with Crippen LogP contribution in [-0.4, -0.2) is 25.3 Å². The normalized spacial score (nSPS) is 25.4. The van der Waals surface area contributed by atoms with Gasteiger partial charge in [0.15, 0.2) is 0 Å². The molecule has 0 heterocycles. The summed E-state index contributed by atoms with van der Waals surface area (Å²) in [6.45, 7) is 8.89. The average Bonchev–Trinajstić information content (AvgIpc) is 2.33. The van der Waals surface area contributed by atoms with Gasteiger partial charge in [-0.1, -0.05) is 33.6 Å². The van der Waals surface area contributed by atoms with Gasteiger partial charge in [-0.05, 0) is 44.6 Å². The van der Waals surface area contributed by atoms with E-state index in [1.165, 1.54) is 44.9 Å². The van der Waals surface area contributed by atoms with E-state index in [-0.39, 0.29) is 0 Å². The molecular weight excluding hydrogens is 210 g/mol. The Kier molecular flexibility index (Phi) is 7.87. The molecule has 1 aliphatic rings.